The van der Waals surface area contributed by atoms with E-state index in [-0.39, 0.29) is 0 Å². The minimum atomic E-state index is 0.338. The van der Waals surface area contributed by atoms with Gasteiger partial charge in [0.05, 0.1) is 11.9 Å². The third kappa shape index (κ3) is 3.17. The molecule has 3 rings (SSSR count). The molecule has 5 nitrogen and oxygen atoms in total. The number of imidazole rings is 1. The van der Waals surface area contributed by atoms with E-state index in [9.17, 15) is 0 Å². The Hall–Kier alpha value is -1.43. The molecule has 0 bridgehead atoms. The second-order valence-corrected chi connectivity index (χ2v) is 6.18. The van der Waals surface area contributed by atoms with Gasteiger partial charge in [0, 0.05) is 23.5 Å². The number of amidine groups is 1. The van der Waals surface area contributed by atoms with Crippen LogP contribution >= 0.6 is 15.9 Å². The van der Waals surface area contributed by atoms with Gasteiger partial charge in [-0.15, -0.1) is 0 Å². The molecule has 2 aromatic rings. The Morgan fingerprint density at radius 1 is 1.40 bits per heavy atom. The van der Waals surface area contributed by atoms with Crippen molar-refractivity contribution in [3.05, 3.63) is 22.6 Å². The summed E-state index contributed by atoms with van der Waals surface area (Å²) in [4.78, 5) is 16.7. The summed E-state index contributed by atoms with van der Waals surface area (Å²) in [6.07, 6.45) is 8.10. The number of hydrogen-bond acceptors (Lipinski definition) is 4. The zero-order chi connectivity index (χ0) is 13.9. The number of H-pyrrole nitrogens is 1. The molecule has 1 aliphatic rings. The molecule has 0 fully saturated rings. The Morgan fingerprint density at radius 3 is 3.20 bits per heavy atom. The minimum absolute atomic E-state index is 0.338. The number of aromatic nitrogens is 3. The second kappa shape index (κ2) is 5.91. The Kier molecular flexibility index (Phi) is 4.00. The number of rotatable bonds is 3. The van der Waals surface area contributed by atoms with Crippen molar-refractivity contribution in [2.75, 3.05) is 0 Å². The van der Waals surface area contributed by atoms with Crippen LogP contribution in [-0.4, -0.2) is 26.8 Å². The van der Waals surface area contributed by atoms with Gasteiger partial charge < -0.3 is 10.7 Å². The molecule has 1 aliphatic heterocycles. The summed E-state index contributed by atoms with van der Waals surface area (Å²) >= 11 is 3.41. The minimum Gasteiger partial charge on any atom is -0.387 e. The highest BCUT2D eigenvalue weighted by molar-refractivity contribution is 9.10. The van der Waals surface area contributed by atoms with Gasteiger partial charge in [0.1, 0.15) is 11.3 Å². The van der Waals surface area contributed by atoms with E-state index in [1.54, 1.807) is 6.20 Å². The molecule has 3 heterocycles. The van der Waals surface area contributed by atoms with Crippen molar-refractivity contribution >= 4 is 32.9 Å². The highest BCUT2D eigenvalue weighted by atomic mass is 79.9. The first-order chi connectivity index (χ1) is 9.70. The van der Waals surface area contributed by atoms with Gasteiger partial charge in [-0.3, -0.25) is 4.99 Å². The van der Waals surface area contributed by atoms with Gasteiger partial charge in [-0.2, -0.15) is 0 Å². The number of nitrogens with zero attached hydrogens (tertiary/aromatic N) is 3. The molecule has 1 atom stereocenters. The normalized spacial score (nSPS) is 19.9. The van der Waals surface area contributed by atoms with Crippen LogP contribution in [0.3, 0.4) is 0 Å². The zero-order valence-electron chi connectivity index (χ0n) is 11.3. The number of hydrogen-bond donors (Lipinski definition) is 2. The van der Waals surface area contributed by atoms with Crippen molar-refractivity contribution in [2.45, 2.75) is 44.6 Å². The fourth-order valence-corrected chi connectivity index (χ4v) is 2.92. The topological polar surface area (TPSA) is 79.9 Å². The second-order valence-electron chi connectivity index (χ2n) is 5.26. The predicted molar refractivity (Wildman–Crippen MR) is 83.8 cm³/mol. The molecule has 20 heavy (non-hydrogen) atoms. The molecular weight excluding hydrogens is 318 g/mol. The third-order valence-corrected chi connectivity index (χ3v) is 4.07. The molecule has 2 aromatic heterocycles. The number of nitrogens with two attached hydrogens (primary N) is 1. The molecule has 106 valence electrons. The summed E-state index contributed by atoms with van der Waals surface area (Å²) in [5.74, 6) is 1.78. The average Bonchev–Trinajstić information content (AvgIpc) is 2.70. The van der Waals surface area contributed by atoms with Crippen LogP contribution in [0.25, 0.3) is 11.2 Å². The fraction of sp³-hybridized carbons (Fsp3) is 0.500. The van der Waals surface area contributed by atoms with E-state index in [1.807, 2.05) is 6.07 Å². The number of aryl methyl sites for hydroxylation is 1. The maximum absolute atomic E-state index is 5.88. The van der Waals surface area contributed by atoms with Gasteiger partial charge in [0.2, 0.25) is 0 Å². The average molecular weight is 336 g/mol. The van der Waals surface area contributed by atoms with E-state index in [0.717, 1.165) is 59.4 Å². The maximum atomic E-state index is 5.88. The Labute approximate surface area is 126 Å². The Bertz CT molecular complexity index is 634. The van der Waals surface area contributed by atoms with Crippen molar-refractivity contribution in [3.63, 3.8) is 0 Å². The SMILES string of the molecule is NC1=N[C@H](CCc2nc3cc(Br)cnc3[nH]2)CCCC1. The first kappa shape index (κ1) is 13.5. The van der Waals surface area contributed by atoms with E-state index in [0.29, 0.717) is 6.04 Å². The number of pyridine rings is 1. The van der Waals surface area contributed by atoms with E-state index < -0.39 is 0 Å². The van der Waals surface area contributed by atoms with Gasteiger partial charge in [-0.05, 0) is 41.3 Å². The van der Waals surface area contributed by atoms with Gasteiger partial charge >= 0.3 is 0 Å². The van der Waals surface area contributed by atoms with Crippen LogP contribution in [0.1, 0.15) is 37.9 Å². The number of aliphatic imine (C=N–C) groups is 1. The fourth-order valence-electron chi connectivity index (χ4n) is 2.60. The van der Waals surface area contributed by atoms with E-state index in [1.165, 1.54) is 6.42 Å². The first-order valence-corrected chi connectivity index (χ1v) is 7.82. The van der Waals surface area contributed by atoms with Gasteiger partial charge in [0.25, 0.3) is 0 Å². The van der Waals surface area contributed by atoms with Crippen molar-refractivity contribution in [2.24, 2.45) is 10.7 Å². The molecule has 0 saturated carbocycles. The number of halogens is 1. The first-order valence-electron chi connectivity index (χ1n) is 7.03. The van der Waals surface area contributed by atoms with E-state index in [2.05, 4.69) is 35.9 Å². The molecular formula is C14H18BrN5. The monoisotopic (exact) mass is 335 g/mol. The van der Waals surface area contributed by atoms with Crippen molar-refractivity contribution < 1.29 is 0 Å². The lowest BCUT2D eigenvalue weighted by atomic mass is 10.1. The van der Waals surface area contributed by atoms with Gasteiger partial charge in [-0.25, -0.2) is 9.97 Å². The lowest BCUT2D eigenvalue weighted by molar-refractivity contribution is 0.548. The lowest BCUT2D eigenvalue weighted by Gasteiger charge is -2.09. The molecule has 0 radical (unpaired) electrons. The maximum Gasteiger partial charge on any atom is 0.157 e. The van der Waals surface area contributed by atoms with Crippen LogP contribution < -0.4 is 5.73 Å². The molecule has 0 amide bonds. The number of aromatic amines is 1. The van der Waals surface area contributed by atoms with Crippen molar-refractivity contribution in [3.8, 4) is 0 Å². The quantitative estimate of drug-likeness (QED) is 0.904. The molecule has 6 heteroatoms. The lowest BCUT2D eigenvalue weighted by Crippen LogP contribution is -2.14. The molecule has 3 N–H and O–H groups in total. The summed E-state index contributed by atoms with van der Waals surface area (Å²) < 4.78 is 0.948. The molecule has 0 saturated heterocycles. The summed E-state index contributed by atoms with van der Waals surface area (Å²) in [5.41, 5.74) is 7.62. The van der Waals surface area contributed by atoms with Crippen LogP contribution in [-0.2, 0) is 6.42 Å². The Morgan fingerprint density at radius 2 is 2.30 bits per heavy atom. The standard InChI is InChI=1S/C14H18BrN5/c15-9-7-11-14(17-8-9)20-13(19-11)6-5-10-3-1-2-4-12(16)18-10/h7-8,10H,1-6H2,(H2,16,18)(H,17,19,20)/t10-/m0/s1. The van der Waals surface area contributed by atoms with Gasteiger partial charge in [0.15, 0.2) is 5.65 Å². The van der Waals surface area contributed by atoms with Crippen molar-refractivity contribution in [1.82, 2.24) is 15.0 Å². The van der Waals surface area contributed by atoms with Crippen LogP contribution in [0, 0.1) is 0 Å². The molecule has 0 aliphatic carbocycles. The van der Waals surface area contributed by atoms with E-state index in [4.69, 9.17) is 5.73 Å². The number of nitrogens with one attached hydrogen (secondary N) is 1. The summed E-state index contributed by atoms with van der Waals surface area (Å²) in [6, 6.07) is 2.31. The van der Waals surface area contributed by atoms with E-state index >= 15 is 0 Å². The molecule has 0 aromatic carbocycles. The highest BCUT2D eigenvalue weighted by Gasteiger charge is 2.13. The smallest absolute Gasteiger partial charge is 0.157 e. The Balaban J connectivity index is 1.68. The number of fused-ring (bicyclic) bond motifs is 1. The van der Waals surface area contributed by atoms with Crippen molar-refractivity contribution in [1.29, 1.82) is 0 Å². The van der Waals surface area contributed by atoms with Crippen LogP contribution in [0.2, 0.25) is 0 Å². The zero-order valence-corrected chi connectivity index (χ0v) is 12.9. The summed E-state index contributed by atoms with van der Waals surface area (Å²) in [6.45, 7) is 0. The summed E-state index contributed by atoms with van der Waals surface area (Å²) in [7, 11) is 0. The largest absolute Gasteiger partial charge is 0.387 e. The highest BCUT2D eigenvalue weighted by Crippen LogP contribution is 2.19. The molecule has 0 spiro atoms. The van der Waals surface area contributed by atoms with Crippen LogP contribution in [0.15, 0.2) is 21.7 Å². The predicted octanol–water partition coefficient (Wildman–Crippen LogP) is 2.95. The van der Waals surface area contributed by atoms with Crippen LogP contribution in [0.4, 0.5) is 0 Å². The molecule has 0 unspecified atom stereocenters. The third-order valence-electron chi connectivity index (χ3n) is 3.64. The van der Waals surface area contributed by atoms with Crippen LogP contribution in [0.5, 0.6) is 0 Å². The summed E-state index contributed by atoms with van der Waals surface area (Å²) in [5, 5.41) is 0. The van der Waals surface area contributed by atoms with Gasteiger partial charge in [-0.1, -0.05) is 6.42 Å².